The lowest BCUT2D eigenvalue weighted by molar-refractivity contribution is -0.118. The summed E-state index contributed by atoms with van der Waals surface area (Å²) < 4.78 is 22.9. The largest absolute Gasteiger partial charge is 0.340 e. The zero-order valence-corrected chi connectivity index (χ0v) is 15.7. The van der Waals surface area contributed by atoms with Gasteiger partial charge >= 0.3 is 0 Å². The molecule has 0 radical (unpaired) electrons. The molecule has 2 aromatic carbocycles. The molecule has 138 valence electrons. The normalized spacial score (nSPS) is 12.2. The fourth-order valence-electron chi connectivity index (χ4n) is 2.23. The van der Waals surface area contributed by atoms with Crippen LogP contribution in [-0.2, 0) is 14.6 Å². The Hall–Kier alpha value is -2.38. The third kappa shape index (κ3) is 6.50. The molecule has 2 N–H and O–H groups in total. The molecule has 0 aliphatic rings. The maximum atomic E-state index is 12.5. The van der Waals surface area contributed by atoms with Crippen LogP contribution in [0.2, 0.25) is 5.02 Å². The molecule has 0 bridgehead atoms. The molecule has 0 unspecified atom stereocenters. The molecule has 26 heavy (non-hydrogen) atoms. The molecule has 1 atom stereocenters. The van der Waals surface area contributed by atoms with E-state index in [0.29, 0.717) is 16.3 Å². The third-order valence-electron chi connectivity index (χ3n) is 3.53. The number of benzene rings is 2. The molecule has 2 rings (SSSR count). The van der Waals surface area contributed by atoms with Crippen molar-refractivity contribution < 1.29 is 18.0 Å². The number of halogens is 1. The fourth-order valence-corrected chi connectivity index (χ4v) is 3.08. The van der Waals surface area contributed by atoms with Crippen LogP contribution >= 0.6 is 11.6 Å². The number of anilines is 1. The number of nitrogens with one attached hydrogen (secondary N) is 2. The fraction of sp³-hybridized carbons (Fsp3) is 0.222. The Labute approximate surface area is 157 Å². The number of sulfone groups is 1. The summed E-state index contributed by atoms with van der Waals surface area (Å²) in [6.45, 7) is 0. The van der Waals surface area contributed by atoms with Gasteiger partial charge in [-0.2, -0.15) is 0 Å². The van der Waals surface area contributed by atoms with E-state index in [1.807, 2.05) is 0 Å². The number of hydrogen-bond donors (Lipinski definition) is 2. The molecule has 0 saturated carbocycles. The third-order valence-corrected chi connectivity index (χ3v) is 4.74. The highest BCUT2D eigenvalue weighted by molar-refractivity contribution is 7.90. The molecule has 8 heteroatoms. The maximum Gasteiger partial charge on any atom is 0.251 e. The molecule has 0 aliphatic heterocycles. The monoisotopic (exact) mass is 394 g/mol. The molecule has 0 aromatic heterocycles. The zero-order valence-electron chi connectivity index (χ0n) is 14.1. The molecule has 0 saturated heterocycles. The standard InChI is InChI=1S/C18H19ClN2O4S/c1-26(24,25)11-10-16(21-17(22)13-6-3-2-4-7-13)18(23)20-15-9-5-8-14(19)12-15/h2-9,12,16H,10-11H2,1H3,(H,20,23)(H,21,22)/t16-/m0/s1. The van der Waals surface area contributed by atoms with Gasteiger partial charge in [0.25, 0.3) is 5.91 Å². The lowest BCUT2D eigenvalue weighted by Gasteiger charge is -2.18. The summed E-state index contributed by atoms with van der Waals surface area (Å²) in [6.07, 6.45) is 1.04. The topological polar surface area (TPSA) is 92.3 Å². The Balaban J connectivity index is 2.14. The van der Waals surface area contributed by atoms with Gasteiger partial charge in [-0.25, -0.2) is 8.42 Å². The average Bonchev–Trinajstić information content (AvgIpc) is 2.58. The van der Waals surface area contributed by atoms with Crippen LogP contribution in [-0.4, -0.2) is 38.3 Å². The molecule has 6 nitrogen and oxygen atoms in total. The van der Waals surface area contributed by atoms with Crippen molar-refractivity contribution in [3.63, 3.8) is 0 Å². The van der Waals surface area contributed by atoms with Crippen LogP contribution < -0.4 is 10.6 Å². The van der Waals surface area contributed by atoms with Gasteiger partial charge in [0.1, 0.15) is 15.9 Å². The molecular weight excluding hydrogens is 376 g/mol. The maximum absolute atomic E-state index is 12.5. The smallest absolute Gasteiger partial charge is 0.251 e. The first kappa shape index (κ1) is 19.9. The van der Waals surface area contributed by atoms with Gasteiger partial charge in [-0.05, 0) is 36.8 Å². The highest BCUT2D eigenvalue weighted by Gasteiger charge is 2.23. The summed E-state index contributed by atoms with van der Waals surface area (Å²) in [7, 11) is -3.29. The molecule has 0 fully saturated rings. The van der Waals surface area contributed by atoms with Crippen molar-refractivity contribution >= 4 is 38.9 Å². The Morgan fingerprint density at radius 3 is 2.38 bits per heavy atom. The predicted molar refractivity (Wildman–Crippen MR) is 102 cm³/mol. The van der Waals surface area contributed by atoms with E-state index >= 15 is 0 Å². The van der Waals surface area contributed by atoms with Crippen LogP contribution in [0.15, 0.2) is 54.6 Å². The Kier molecular flexibility index (Phi) is 6.76. The van der Waals surface area contributed by atoms with Crippen molar-refractivity contribution in [2.45, 2.75) is 12.5 Å². The highest BCUT2D eigenvalue weighted by Crippen LogP contribution is 2.15. The second-order valence-corrected chi connectivity index (χ2v) is 8.51. The minimum Gasteiger partial charge on any atom is -0.340 e. The van der Waals surface area contributed by atoms with E-state index in [-0.39, 0.29) is 12.2 Å². The average molecular weight is 395 g/mol. The van der Waals surface area contributed by atoms with Gasteiger partial charge < -0.3 is 10.6 Å². The first-order valence-electron chi connectivity index (χ1n) is 7.85. The van der Waals surface area contributed by atoms with Crippen LogP contribution in [0.4, 0.5) is 5.69 Å². The van der Waals surface area contributed by atoms with Crippen molar-refractivity contribution in [2.75, 3.05) is 17.3 Å². The van der Waals surface area contributed by atoms with Gasteiger partial charge in [0.05, 0.1) is 5.75 Å². The minimum absolute atomic E-state index is 0.0379. The van der Waals surface area contributed by atoms with E-state index in [1.165, 1.54) is 0 Å². The lowest BCUT2D eigenvalue weighted by atomic mass is 10.1. The summed E-state index contributed by atoms with van der Waals surface area (Å²) in [5.41, 5.74) is 0.841. The van der Waals surface area contributed by atoms with Crippen LogP contribution in [0.3, 0.4) is 0 Å². The molecule has 0 spiro atoms. The molecular formula is C18H19ClN2O4S. The van der Waals surface area contributed by atoms with E-state index < -0.39 is 27.7 Å². The first-order valence-corrected chi connectivity index (χ1v) is 10.3. The number of carbonyl (C=O) groups is 2. The van der Waals surface area contributed by atoms with Gasteiger partial charge in [-0.1, -0.05) is 35.9 Å². The summed E-state index contributed by atoms with van der Waals surface area (Å²) in [4.78, 5) is 24.9. The van der Waals surface area contributed by atoms with Crippen LogP contribution in [0, 0.1) is 0 Å². The van der Waals surface area contributed by atoms with Gasteiger partial charge in [-0.3, -0.25) is 9.59 Å². The first-order chi connectivity index (χ1) is 12.2. The number of rotatable bonds is 7. The number of carbonyl (C=O) groups excluding carboxylic acids is 2. The highest BCUT2D eigenvalue weighted by atomic mass is 35.5. The second kappa shape index (κ2) is 8.82. The Morgan fingerprint density at radius 2 is 1.77 bits per heavy atom. The molecule has 2 aromatic rings. The number of hydrogen-bond acceptors (Lipinski definition) is 4. The summed E-state index contributed by atoms with van der Waals surface area (Å²) in [5, 5.41) is 5.68. The summed E-state index contributed by atoms with van der Waals surface area (Å²) in [5.74, 6) is -1.19. The van der Waals surface area contributed by atoms with Crippen molar-refractivity contribution in [2.24, 2.45) is 0 Å². The van der Waals surface area contributed by atoms with E-state index in [1.54, 1.807) is 54.6 Å². The van der Waals surface area contributed by atoms with Crippen molar-refractivity contribution in [3.8, 4) is 0 Å². The predicted octanol–water partition coefficient (Wildman–Crippen LogP) is 2.51. The number of amides is 2. The quantitative estimate of drug-likeness (QED) is 0.754. The Morgan fingerprint density at radius 1 is 1.08 bits per heavy atom. The van der Waals surface area contributed by atoms with Gasteiger partial charge in [0.2, 0.25) is 5.91 Å². The van der Waals surface area contributed by atoms with Crippen LogP contribution in [0.5, 0.6) is 0 Å². The van der Waals surface area contributed by atoms with Gasteiger partial charge in [-0.15, -0.1) is 0 Å². The summed E-state index contributed by atoms with van der Waals surface area (Å²) in [6, 6.07) is 13.9. The lowest BCUT2D eigenvalue weighted by Crippen LogP contribution is -2.44. The SMILES string of the molecule is CS(=O)(=O)CC[C@H](NC(=O)c1ccccc1)C(=O)Nc1cccc(Cl)c1. The van der Waals surface area contributed by atoms with Gasteiger partial charge in [0, 0.05) is 22.5 Å². The van der Waals surface area contributed by atoms with E-state index in [2.05, 4.69) is 10.6 Å². The van der Waals surface area contributed by atoms with Crippen molar-refractivity contribution in [1.29, 1.82) is 0 Å². The van der Waals surface area contributed by atoms with Crippen molar-refractivity contribution in [1.82, 2.24) is 5.32 Å². The summed E-state index contributed by atoms with van der Waals surface area (Å²) >= 11 is 5.89. The minimum atomic E-state index is -3.29. The Bertz CT molecular complexity index is 885. The van der Waals surface area contributed by atoms with E-state index in [4.69, 9.17) is 11.6 Å². The molecule has 2 amide bonds. The van der Waals surface area contributed by atoms with E-state index in [0.717, 1.165) is 6.26 Å². The van der Waals surface area contributed by atoms with E-state index in [9.17, 15) is 18.0 Å². The molecule has 0 heterocycles. The van der Waals surface area contributed by atoms with Gasteiger partial charge in [0.15, 0.2) is 0 Å². The van der Waals surface area contributed by atoms with Crippen LogP contribution in [0.25, 0.3) is 0 Å². The van der Waals surface area contributed by atoms with Crippen molar-refractivity contribution in [3.05, 3.63) is 65.2 Å². The zero-order chi connectivity index (χ0) is 19.2. The van der Waals surface area contributed by atoms with Crippen LogP contribution in [0.1, 0.15) is 16.8 Å². The molecule has 0 aliphatic carbocycles. The second-order valence-electron chi connectivity index (χ2n) is 5.81.